The summed E-state index contributed by atoms with van der Waals surface area (Å²) in [6, 6.07) is 0. The van der Waals surface area contributed by atoms with E-state index in [1.807, 2.05) is 19.9 Å². The first-order valence-electron chi connectivity index (χ1n) is 9.51. The molecule has 4 rings (SSSR count). The van der Waals surface area contributed by atoms with Crippen LogP contribution in [0.4, 0.5) is 0 Å². The molecule has 0 bridgehead atoms. The van der Waals surface area contributed by atoms with Crippen molar-refractivity contribution >= 4 is 17.3 Å². The van der Waals surface area contributed by atoms with Crippen molar-refractivity contribution in [3.63, 3.8) is 0 Å². The summed E-state index contributed by atoms with van der Waals surface area (Å²) in [5.41, 5.74) is -1.86. The molecular formula is C21H28O6. The van der Waals surface area contributed by atoms with Crippen molar-refractivity contribution in [3.05, 3.63) is 23.8 Å². The summed E-state index contributed by atoms with van der Waals surface area (Å²) in [6.45, 7) is 3.19. The fourth-order valence-corrected chi connectivity index (χ4v) is 6.62. The van der Waals surface area contributed by atoms with Crippen molar-refractivity contribution in [1.29, 1.82) is 0 Å². The van der Waals surface area contributed by atoms with Gasteiger partial charge in [0, 0.05) is 23.2 Å². The number of carbonyl (C=O) groups excluding carboxylic acids is 3. The van der Waals surface area contributed by atoms with Gasteiger partial charge < -0.3 is 15.7 Å². The maximum Gasteiger partial charge on any atom is 0.190 e. The average Bonchev–Trinajstić information content (AvgIpc) is 2.86. The Kier molecular flexibility index (Phi) is 4.61. The van der Waals surface area contributed by atoms with Gasteiger partial charge in [-0.05, 0) is 49.7 Å². The van der Waals surface area contributed by atoms with Crippen molar-refractivity contribution in [1.82, 2.24) is 0 Å². The second-order valence-corrected chi connectivity index (χ2v) is 9.02. The van der Waals surface area contributed by atoms with E-state index in [9.17, 15) is 24.6 Å². The van der Waals surface area contributed by atoms with E-state index in [1.165, 1.54) is 0 Å². The van der Waals surface area contributed by atoms with Crippen molar-refractivity contribution in [2.75, 3.05) is 6.61 Å². The Hall–Kier alpha value is -1.63. The predicted octanol–water partition coefficient (Wildman–Crippen LogP) is 0.941. The van der Waals surface area contributed by atoms with Gasteiger partial charge in [0.2, 0.25) is 0 Å². The minimum absolute atomic E-state index is 0. The molecule has 27 heavy (non-hydrogen) atoms. The van der Waals surface area contributed by atoms with Gasteiger partial charge in [-0.25, -0.2) is 0 Å². The molecule has 0 amide bonds. The van der Waals surface area contributed by atoms with E-state index in [2.05, 4.69) is 0 Å². The van der Waals surface area contributed by atoms with Gasteiger partial charge in [0.25, 0.3) is 0 Å². The Labute approximate surface area is 158 Å². The molecule has 4 aliphatic carbocycles. The monoisotopic (exact) mass is 376 g/mol. The zero-order chi connectivity index (χ0) is 18.9. The standard InChI is InChI=1S/C21H26O5.H2O/c1-19-7-5-13(23)9-12(19)3-4-14-15-6-8-21(26,17(25)11-22)20(15,2)10-16(24)18(14)19;/h5,7,9,14-15,18,22,26H,3-4,6,8,10-11H2,1-2H3;1H2/t14-,15-,18+,19-,20-,21-;/m0./s1. The van der Waals surface area contributed by atoms with Crippen LogP contribution in [0, 0.1) is 28.6 Å². The third-order valence-electron chi connectivity index (χ3n) is 8.01. The van der Waals surface area contributed by atoms with Gasteiger partial charge in [0.1, 0.15) is 18.0 Å². The topological polar surface area (TPSA) is 123 Å². The molecule has 6 heteroatoms. The van der Waals surface area contributed by atoms with Crippen LogP contribution in [0.2, 0.25) is 0 Å². The molecule has 3 saturated carbocycles. The fourth-order valence-electron chi connectivity index (χ4n) is 6.62. The van der Waals surface area contributed by atoms with E-state index < -0.39 is 28.8 Å². The molecule has 0 heterocycles. The number of ketones is 3. The quantitative estimate of drug-likeness (QED) is 0.742. The highest BCUT2D eigenvalue weighted by Crippen LogP contribution is 2.66. The number of aliphatic hydroxyl groups excluding tert-OH is 1. The zero-order valence-corrected chi connectivity index (χ0v) is 15.8. The Bertz CT molecular complexity index is 767. The third-order valence-corrected chi connectivity index (χ3v) is 8.01. The van der Waals surface area contributed by atoms with E-state index in [-0.39, 0.29) is 41.2 Å². The van der Waals surface area contributed by atoms with Crippen LogP contribution in [0.3, 0.4) is 0 Å². The number of Topliss-reactive ketones (excluding diaryl/α,β-unsaturated/α-hetero) is 2. The van der Waals surface area contributed by atoms with Gasteiger partial charge in [-0.1, -0.05) is 25.5 Å². The molecule has 0 saturated heterocycles. The molecule has 0 spiro atoms. The second-order valence-electron chi connectivity index (χ2n) is 9.02. The highest BCUT2D eigenvalue weighted by atomic mass is 16.3. The highest BCUT2D eigenvalue weighted by molar-refractivity contribution is 6.02. The number of rotatable bonds is 2. The van der Waals surface area contributed by atoms with E-state index in [0.29, 0.717) is 12.8 Å². The molecule has 0 aromatic carbocycles. The first-order chi connectivity index (χ1) is 12.2. The fraction of sp³-hybridized carbons (Fsp3) is 0.667. The minimum Gasteiger partial charge on any atom is -0.412 e. The molecule has 0 radical (unpaired) electrons. The smallest absolute Gasteiger partial charge is 0.190 e. The van der Waals surface area contributed by atoms with Crippen molar-refractivity contribution < 1.29 is 30.1 Å². The summed E-state index contributed by atoms with van der Waals surface area (Å²) in [5.74, 6) is -0.590. The molecule has 4 N–H and O–H groups in total. The molecule has 0 aromatic heterocycles. The summed E-state index contributed by atoms with van der Waals surface area (Å²) in [7, 11) is 0. The molecule has 148 valence electrons. The lowest BCUT2D eigenvalue weighted by Gasteiger charge is -2.56. The van der Waals surface area contributed by atoms with Gasteiger partial charge in [-0.15, -0.1) is 0 Å². The lowest BCUT2D eigenvalue weighted by molar-refractivity contribution is -0.168. The van der Waals surface area contributed by atoms with E-state index >= 15 is 0 Å². The van der Waals surface area contributed by atoms with Crippen LogP contribution in [-0.2, 0) is 14.4 Å². The summed E-state index contributed by atoms with van der Waals surface area (Å²) in [4.78, 5) is 37.4. The van der Waals surface area contributed by atoms with Crippen LogP contribution in [0.25, 0.3) is 0 Å². The van der Waals surface area contributed by atoms with Crippen LogP contribution in [0.15, 0.2) is 23.8 Å². The normalized spacial score (nSPS) is 45.3. The van der Waals surface area contributed by atoms with Crippen LogP contribution >= 0.6 is 0 Å². The van der Waals surface area contributed by atoms with E-state index in [4.69, 9.17) is 0 Å². The molecule has 6 atom stereocenters. The van der Waals surface area contributed by atoms with Crippen molar-refractivity contribution in [2.45, 2.75) is 51.6 Å². The van der Waals surface area contributed by atoms with Gasteiger partial charge in [0.15, 0.2) is 11.6 Å². The molecule has 6 nitrogen and oxygen atoms in total. The number of hydrogen-bond acceptors (Lipinski definition) is 5. The van der Waals surface area contributed by atoms with Crippen LogP contribution in [0.5, 0.6) is 0 Å². The Morgan fingerprint density at radius 3 is 2.63 bits per heavy atom. The Morgan fingerprint density at radius 2 is 1.96 bits per heavy atom. The molecule has 0 unspecified atom stereocenters. The second kappa shape index (κ2) is 6.19. The van der Waals surface area contributed by atoms with Crippen LogP contribution in [-0.4, -0.2) is 45.2 Å². The predicted molar refractivity (Wildman–Crippen MR) is 97.7 cm³/mol. The lowest BCUT2D eigenvalue weighted by Crippen LogP contribution is -2.60. The molecule has 3 fully saturated rings. The minimum atomic E-state index is -1.62. The maximum absolute atomic E-state index is 13.3. The number of fused-ring (bicyclic) bond motifs is 5. The number of hydrogen-bond donors (Lipinski definition) is 2. The maximum atomic E-state index is 13.3. The largest absolute Gasteiger partial charge is 0.412 e. The number of allylic oxidation sites excluding steroid dienone is 4. The summed E-state index contributed by atoms with van der Waals surface area (Å²) in [6.07, 6.45) is 7.82. The lowest BCUT2D eigenvalue weighted by atomic mass is 9.46. The molecule has 0 aromatic rings. The molecule has 4 aliphatic rings. The van der Waals surface area contributed by atoms with Gasteiger partial charge >= 0.3 is 0 Å². The van der Waals surface area contributed by atoms with Crippen LogP contribution in [0.1, 0.15) is 46.0 Å². The Balaban J connectivity index is 0.00000210. The first-order valence-corrected chi connectivity index (χ1v) is 9.51. The van der Waals surface area contributed by atoms with E-state index in [0.717, 1.165) is 18.4 Å². The van der Waals surface area contributed by atoms with Gasteiger partial charge in [-0.2, -0.15) is 0 Å². The number of aliphatic hydroxyl groups is 2. The first kappa shape index (κ1) is 20.1. The van der Waals surface area contributed by atoms with Crippen molar-refractivity contribution in [3.8, 4) is 0 Å². The highest BCUT2D eigenvalue weighted by Gasteiger charge is 2.68. The molecule has 0 aliphatic heterocycles. The average molecular weight is 376 g/mol. The number of carbonyl (C=O) groups is 3. The van der Waals surface area contributed by atoms with Gasteiger partial charge in [0.05, 0.1) is 0 Å². The summed E-state index contributed by atoms with van der Waals surface area (Å²) in [5, 5.41) is 20.5. The summed E-state index contributed by atoms with van der Waals surface area (Å²) >= 11 is 0. The SMILES string of the molecule is C[C@]12C=CC(=O)C=C1CC[C@@H]1[C@@H]2C(=O)C[C@@]2(C)[C@H]1CC[C@]2(O)C(=O)CO.O. The van der Waals surface area contributed by atoms with Crippen LogP contribution < -0.4 is 0 Å². The van der Waals surface area contributed by atoms with Gasteiger partial charge in [-0.3, -0.25) is 14.4 Å². The van der Waals surface area contributed by atoms with Crippen molar-refractivity contribution in [2.24, 2.45) is 28.6 Å². The summed E-state index contributed by atoms with van der Waals surface area (Å²) < 4.78 is 0. The third kappa shape index (κ3) is 2.39. The molecular weight excluding hydrogens is 348 g/mol. The Morgan fingerprint density at radius 1 is 1.26 bits per heavy atom. The zero-order valence-electron chi connectivity index (χ0n) is 15.8. The van der Waals surface area contributed by atoms with E-state index in [1.54, 1.807) is 12.2 Å².